The molecule has 5 rings (SSSR count). The molecule has 1 aromatic carbocycles. The van der Waals surface area contributed by atoms with Gasteiger partial charge in [-0.1, -0.05) is 12.1 Å². The van der Waals surface area contributed by atoms with Gasteiger partial charge in [0.1, 0.15) is 5.82 Å². The molecule has 3 aromatic heterocycles. The van der Waals surface area contributed by atoms with Crippen molar-refractivity contribution in [3.63, 3.8) is 0 Å². The van der Waals surface area contributed by atoms with E-state index in [9.17, 15) is 13.6 Å². The number of fused-ring (bicyclic) bond motifs is 1. The van der Waals surface area contributed by atoms with E-state index in [1.165, 1.54) is 0 Å². The fourth-order valence-electron chi connectivity index (χ4n) is 4.43. The number of hydrogen-bond acceptors (Lipinski definition) is 6. The SMILES string of the molecule is CSc1cc(C(=O)NCc2cc3nc(-c4cccc(N5CCCC(F)(F)C5)n4)ccc3cn2)ccc1C. The van der Waals surface area contributed by atoms with Gasteiger partial charge in [-0.3, -0.25) is 9.78 Å². The summed E-state index contributed by atoms with van der Waals surface area (Å²) in [7, 11) is 0. The van der Waals surface area contributed by atoms with Gasteiger partial charge in [-0.05, 0) is 67.6 Å². The summed E-state index contributed by atoms with van der Waals surface area (Å²) in [4.78, 5) is 29.2. The minimum absolute atomic E-state index is 0.0872. The number of pyridine rings is 3. The Balaban J connectivity index is 1.34. The molecule has 1 saturated heterocycles. The third-order valence-electron chi connectivity index (χ3n) is 6.44. The number of anilines is 1. The zero-order chi connectivity index (χ0) is 26.0. The van der Waals surface area contributed by atoms with E-state index in [-0.39, 0.29) is 25.4 Å². The molecule has 6 nitrogen and oxygen atoms in total. The topological polar surface area (TPSA) is 71.0 Å². The second-order valence-corrected chi connectivity index (χ2v) is 10.0. The fraction of sp³-hybridized carbons (Fsp3) is 0.286. The van der Waals surface area contributed by atoms with Crippen molar-refractivity contribution in [3.05, 3.63) is 77.6 Å². The van der Waals surface area contributed by atoms with Gasteiger partial charge in [-0.2, -0.15) is 0 Å². The Morgan fingerprint density at radius 1 is 1.11 bits per heavy atom. The van der Waals surface area contributed by atoms with Gasteiger partial charge in [0, 0.05) is 35.0 Å². The van der Waals surface area contributed by atoms with E-state index in [1.54, 1.807) is 28.9 Å². The summed E-state index contributed by atoms with van der Waals surface area (Å²) in [6.07, 6.45) is 4.06. The summed E-state index contributed by atoms with van der Waals surface area (Å²) in [6.45, 7) is 2.52. The Morgan fingerprint density at radius 3 is 2.76 bits per heavy atom. The smallest absolute Gasteiger partial charge is 0.265 e. The summed E-state index contributed by atoms with van der Waals surface area (Å²) in [5.74, 6) is -2.34. The number of carbonyl (C=O) groups excluding carboxylic acids is 1. The number of aromatic nitrogens is 3. The van der Waals surface area contributed by atoms with Gasteiger partial charge in [0.25, 0.3) is 11.8 Å². The second-order valence-electron chi connectivity index (χ2n) is 9.19. The van der Waals surface area contributed by atoms with Crippen molar-refractivity contribution < 1.29 is 13.6 Å². The molecule has 190 valence electrons. The lowest BCUT2D eigenvalue weighted by Gasteiger charge is -2.33. The first-order chi connectivity index (χ1) is 17.8. The van der Waals surface area contributed by atoms with E-state index in [0.717, 1.165) is 15.8 Å². The highest BCUT2D eigenvalue weighted by molar-refractivity contribution is 7.98. The zero-order valence-electron chi connectivity index (χ0n) is 20.7. The molecule has 0 bridgehead atoms. The lowest BCUT2D eigenvalue weighted by Crippen LogP contribution is -2.43. The predicted octanol–water partition coefficient (Wildman–Crippen LogP) is 5.89. The molecule has 1 fully saturated rings. The first kappa shape index (κ1) is 25.1. The molecule has 1 aliphatic rings. The standard InChI is InChI=1S/C28H27F2N5OS/c1-18-7-8-19(13-25(18)37-2)27(36)32-16-21-14-24-20(15-31-21)9-10-23(33-24)22-5-3-6-26(34-22)35-12-4-11-28(29,30)17-35/h3,5-10,13-15H,4,11-12,16-17H2,1-2H3,(H,32,36). The maximum atomic E-state index is 13.9. The lowest BCUT2D eigenvalue weighted by molar-refractivity contribution is -0.0118. The van der Waals surface area contributed by atoms with Crippen molar-refractivity contribution in [1.82, 2.24) is 20.3 Å². The van der Waals surface area contributed by atoms with Crippen LogP contribution in [0.4, 0.5) is 14.6 Å². The average Bonchev–Trinajstić information content (AvgIpc) is 2.91. The highest BCUT2D eigenvalue weighted by Gasteiger charge is 2.35. The Bertz CT molecular complexity index is 1460. The normalized spacial score (nSPS) is 15.1. The second kappa shape index (κ2) is 10.4. The molecule has 0 unspecified atom stereocenters. The van der Waals surface area contributed by atoms with Gasteiger partial charge in [-0.15, -0.1) is 11.8 Å². The van der Waals surface area contributed by atoms with Gasteiger partial charge in [0.15, 0.2) is 0 Å². The van der Waals surface area contributed by atoms with Crippen LogP contribution in [-0.4, -0.2) is 46.1 Å². The number of amides is 1. The monoisotopic (exact) mass is 519 g/mol. The fourth-order valence-corrected chi connectivity index (χ4v) is 5.07. The number of alkyl halides is 2. The minimum Gasteiger partial charge on any atom is -0.351 e. The zero-order valence-corrected chi connectivity index (χ0v) is 21.5. The van der Waals surface area contributed by atoms with Gasteiger partial charge >= 0.3 is 0 Å². The molecule has 1 amide bonds. The largest absolute Gasteiger partial charge is 0.351 e. The number of nitrogens with zero attached hydrogens (tertiary/aromatic N) is 4. The van der Waals surface area contributed by atoms with E-state index < -0.39 is 5.92 Å². The lowest BCUT2D eigenvalue weighted by atomic mass is 10.1. The maximum Gasteiger partial charge on any atom is 0.265 e. The van der Waals surface area contributed by atoms with Crippen LogP contribution in [0.2, 0.25) is 0 Å². The number of rotatable bonds is 6. The van der Waals surface area contributed by atoms with Crippen LogP contribution < -0.4 is 10.2 Å². The predicted molar refractivity (Wildman–Crippen MR) is 143 cm³/mol. The van der Waals surface area contributed by atoms with Crippen LogP contribution in [-0.2, 0) is 6.54 Å². The number of piperidine rings is 1. The first-order valence-electron chi connectivity index (χ1n) is 12.1. The van der Waals surface area contributed by atoms with Crippen molar-refractivity contribution in [2.24, 2.45) is 0 Å². The molecule has 0 saturated carbocycles. The first-order valence-corrected chi connectivity index (χ1v) is 13.3. The van der Waals surface area contributed by atoms with Crippen LogP contribution in [0.3, 0.4) is 0 Å². The molecule has 37 heavy (non-hydrogen) atoms. The molecular weight excluding hydrogens is 492 g/mol. The third kappa shape index (κ3) is 5.72. The minimum atomic E-state index is -2.70. The molecule has 0 atom stereocenters. The summed E-state index contributed by atoms with van der Waals surface area (Å²) < 4.78 is 27.8. The van der Waals surface area contributed by atoms with Gasteiger partial charge in [-0.25, -0.2) is 18.7 Å². The Morgan fingerprint density at radius 2 is 1.95 bits per heavy atom. The molecule has 9 heteroatoms. The Kier molecular flexibility index (Phi) is 7.06. The Hall–Kier alpha value is -3.59. The number of nitrogens with one attached hydrogen (secondary N) is 1. The molecule has 1 N–H and O–H groups in total. The molecular formula is C28H27F2N5OS. The summed E-state index contributed by atoms with van der Waals surface area (Å²) in [5, 5.41) is 3.79. The van der Waals surface area contributed by atoms with Crippen LogP contribution in [0, 0.1) is 6.92 Å². The summed E-state index contributed by atoms with van der Waals surface area (Å²) in [6, 6.07) is 16.7. The molecule has 0 spiro atoms. The number of benzene rings is 1. The van der Waals surface area contributed by atoms with Crippen LogP contribution >= 0.6 is 11.8 Å². The van der Waals surface area contributed by atoms with Crippen LogP contribution in [0.15, 0.2) is 65.7 Å². The number of halogens is 2. The average molecular weight is 520 g/mol. The number of carbonyl (C=O) groups is 1. The van der Waals surface area contributed by atoms with Crippen molar-refractivity contribution >= 4 is 34.4 Å². The number of thioether (sulfide) groups is 1. The Labute approximate surface area is 218 Å². The van der Waals surface area contributed by atoms with Crippen LogP contribution in [0.1, 0.15) is 34.5 Å². The molecule has 4 heterocycles. The maximum absolute atomic E-state index is 13.9. The quantitative estimate of drug-likeness (QED) is 0.321. The van der Waals surface area contributed by atoms with Gasteiger partial charge < -0.3 is 10.2 Å². The molecule has 0 aliphatic carbocycles. The summed E-state index contributed by atoms with van der Waals surface area (Å²) in [5.41, 5.74) is 4.39. The van der Waals surface area contributed by atoms with Crippen LogP contribution in [0.25, 0.3) is 22.3 Å². The van der Waals surface area contributed by atoms with Crippen molar-refractivity contribution in [2.45, 2.75) is 37.1 Å². The van der Waals surface area contributed by atoms with E-state index in [1.807, 2.05) is 61.7 Å². The molecule has 0 radical (unpaired) electrons. The van der Waals surface area contributed by atoms with Crippen LogP contribution in [0.5, 0.6) is 0 Å². The van der Waals surface area contributed by atoms with E-state index in [0.29, 0.717) is 46.9 Å². The van der Waals surface area contributed by atoms with E-state index >= 15 is 0 Å². The van der Waals surface area contributed by atoms with E-state index in [2.05, 4.69) is 15.3 Å². The van der Waals surface area contributed by atoms with Crippen molar-refractivity contribution in [1.29, 1.82) is 0 Å². The van der Waals surface area contributed by atoms with Gasteiger partial charge in [0.05, 0.1) is 35.7 Å². The van der Waals surface area contributed by atoms with Crippen molar-refractivity contribution in [3.8, 4) is 11.4 Å². The highest BCUT2D eigenvalue weighted by atomic mass is 32.2. The van der Waals surface area contributed by atoms with Crippen molar-refractivity contribution in [2.75, 3.05) is 24.2 Å². The highest BCUT2D eigenvalue weighted by Crippen LogP contribution is 2.30. The van der Waals surface area contributed by atoms with E-state index in [4.69, 9.17) is 4.98 Å². The molecule has 4 aromatic rings. The molecule has 1 aliphatic heterocycles. The van der Waals surface area contributed by atoms with Gasteiger partial charge in [0.2, 0.25) is 0 Å². The third-order valence-corrected chi connectivity index (χ3v) is 7.32. The number of aryl methyl sites for hydroxylation is 1. The summed E-state index contributed by atoms with van der Waals surface area (Å²) >= 11 is 1.61. The number of hydrogen-bond donors (Lipinski definition) is 1.